The minimum atomic E-state index is -0.361. The number of likely N-dealkylation sites (tertiary alicyclic amines) is 1. The van der Waals surface area contributed by atoms with Crippen LogP contribution >= 0.6 is 0 Å². The second-order valence-corrected chi connectivity index (χ2v) is 10.00. The molecule has 39 heavy (non-hydrogen) atoms. The van der Waals surface area contributed by atoms with Crippen molar-refractivity contribution >= 4 is 34.8 Å². The van der Waals surface area contributed by atoms with Gasteiger partial charge in [-0.15, -0.1) is 0 Å². The van der Waals surface area contributed by atoms with Crippen molar-refractivity contribution in [1.29, 1.82) is 0 Å². The fourth-order valence-corrected chi connectivity index (χ4v) is 5.15. The lowest BCUT2D eigenvalue weighted by Gasteiger charge is -2.38. The summed E-state index contributed by atoms with van der Waals surface area (Å²) in [6.45, 7) is 6.95. The zero-order valence-electron chi connectivity index (χ0n) is 22.3. The summed E-state index contributed by atoms with van der Waals surface area (Å²) in [7, 11) is 0. The molecule has 2 N–H and O–H groups in total. The lowest BCUT2D eigenvalue weighted by molar-refractivity contribution is -0.127. The molecule has 3 heterocycles. The van der Waals surface area contributed by atoms with Crippen molar-refractivity contribution in [1.82, 2.24) is 10.2 Å². The van der Waals surface area contributed by atoms with Gasteiger partial charge in [0.2, 0.25) is 5.91 Å². The highest BCUT2D eigenvalue weighted by Crippen LogP contribution is 2.30. The van der Waals surface area contributed by atoms with Crippen molar-refractivity contribution in [2.45, 2.75) is 26.2 Å². The molecule has 3 amide bonds. The molecule has 9 heteroatoms. The van der Waals surface area contributed by atoms with Crippen LogP contribution in [0.3, 0.4) is 0 Å². The number of hydrogen-bond acceptors (Lipinski definition) is 6. The fourth-order valence-electron chi connectivity index (χ4n) is 5.15. The molecule has 3 aromatic rings. The number of benzene rings is 2. The Bertz CT molecular complexity index is 1310. The molecule has 2 saturated heterocycles. The highest BCUT2D eigenvalue weighted by Gasteiger charge is 2.23. The second-order valence-electron chi connectivity index (χ2n) is 10.00. The van der Waals surface area contributed by atoms with Gasteiger partial charge >= 0.3 is 0 Å². The average molecular weight is 530 g/mol. The molecule has 5 rings (SSSR count). The average Bonchev–Trinajstić information content (AvgIpc) is 3.59. The maximum Gasteiger partial charge on any atom is 0.291 e. The van der Waals surface area contributed by atoms with Gasteiger partial charge in [-0.05, 0) is 62.2 Å². The molecule has 0 bridgehead atoms. The number of nitrogens with zero attached hydrogens (tertiary/aromatic N) is 3. The van der Waals surface area contributed by atoms with Crippen LogP contribution in [-0.4, -0.2) is 68.4 Å². The van der Waals surface area contributed by atoms with Crippen LogP contribution in [0.25, 0.3) is 0 Å². The third-order valence-corrected chi connectivity index (χ3v) is 7.27. The summed E-state index contributed by atoms with van der Waals surface area (Å²) in [5.74, 6) is 0.487. The van der Waals surface area contributed by atoms with E-state index in [2.05, 4.69) is 32.6 Å². The normalized spacial score (nSPS) is 15.5. The Labute approximate surface area is 228 Å². The second kappa shape index (κ2) is 12.1. The zero-order chi connectivity index (χ0) is 27.2. The molecule has 2 aromatic carbocycles. The minimum Gasteiger partial charge on any atom is -0.456 e. The third-order valence-electron chi connectivity index (χ3n) is 7.27. The number of carbonyl (C=O) groups is 3. The standard InChI is InChI=1S/C30H35N5O4/c1-22-10-13-27(39-22)30(38)32-25-21-23(29(37)31-14-6-16-35-15-5-9-28(35)36)11-12-26(25)34-19-17-33(18-20-34)24-7-3-2-4-8-24/h2-4,7-8,10-13,21H,5-6,9,14-20H2,1H3,(H,31,37)(H,32,38). The van der Waals surface area contributed by atoms with E-state index >= 15 is 0 Å². The number of nitrogens with one attached hydrogen (secondary N) is 2. The van der Waals surface area contributed by atoms with Crippen LogP contribution < -0.4 is 20.4 Å². The molecule has 1 aromatic heterocycles. The van der Waals surface area contributed by atoms with E-state index < -0.39 is 0 Å². The summed E-state index contributed by atoms with van der Waals surface area (Å²) in [4.78, 5) is 44.2. The van der Waals surface area contributed by atoms with E-state index in [9.17, 15) is 14.4 Å². The highest BCUT2D eigenvalue weighted by molar-refractivity contribution is 6.05. The molecule has 9 nitrogen and oxygen atoms in total. The Morgan fingerprint density at radius 3 is 2.36 bits per heavy atom. The van der Waals surface area contributed by atoms with E-state index in [0.717, 1.165) is 44.8 Å². The number of para-hydroxylation sites is 1. The molecular formula is C30H35N5O4. The van der Waals surface area contributed by atoms with Gasteiger partial charge in [-0.1, -0.05) is 18.2 Å². The minimum absolute atomic E-state index is 0.189. The van der Waals surface area contributed by atoms with E-state index in [-0.39, 0.29) is 23.5 Å². The molecule has 0 unspecified atom stereocenters. The molecule has 2 fully saturated rings. The Balaban J connectivity index is 1.27. The van der Waals surface area contributed by atoms with Crippen molar-refractivity contribution in [3.8, 4) is 0 Å². The maximum absolute atomic E-state index is 13.0. The quantitative estimate of drug-likeness (QED) is 0.408. The van der Waals surface area contributed by atoms with Crippen LogP contribution in [0.5, 0.6) is 0 Å². The van der Waals surface area contributed by atoms with Gasteiger partial charge in [-0.25, -0.2) is 0 Å². The van der Waals surface area contributed by atoms with Gasteiger partial charge in [0.15, 0.2) is 5.76 Å². The van der Waals surface area contributed by atoms with Crippen LogP contribution in [0.1, 0.15) is 45.9 Å². The summed E-state index contributed by atoms with van der Waals surface area (Å²) in [6.07, 6.45) is 2.22. The summed E-state index contributed by atoms with van der Waals surface area (Å²) in [5.41, 5.74) is 3.09. The number of anilines is 3. The zero-order valence-corrected chi connectivity index (χ0v) is 22.3. The number of piperazine rings is 1. The molecule has 0 radical (unpaired) electrons. The summed E-state index contributed by atoms with van der Waals surface area (Å²) < 4.78 is 5.52. The van der Waals surface area contributed by atoms with E-state index in [4.69, 9.17) is 4.42 Å². The van der Waals surface area contributed by atoms with Gasteiger partial charge in [-0.2, -0.15) is 0 Å². The first kappa shape index (κ1) is 26.3. The van der Waals surface area contributed by atoms with Crippen molar-refractivity contribution in [3.05, 3.63) is 77.7 Å². The van der Waals surface area contributed by atoms with Crippen LogP contribution in [0.4, 0.5) is 17.1 Å². The Morgan fingerprint density at radius 1 is 0.897 bits per heavy atom. The lowest BCUT2D eigenvalue weighted by Crippen LogP contribution is -2.46. The summed E-state index contributed by atoms with van der Waals surface area (Å²) >= 11 is 0. The molecule has 0 atom stereocenters. The number of aryl methyl sites for hydroxylation is 1. The van der Waals surface area contributed by atoms with E-state index in [0.29, 0.717) is 42.9 Å². The van der Waals surface area contributed by atoms with Gasteiger partial charge in [0, 0.05) is 63.5 Å². The lowest BCUT2D eigenvalue weighted by atomic mass is 10.1. The molecule has 0 spiro atoms. The van der Waals surface area contributed by atoms with Crippen LogP contribution in [0.15, 0.2) is 65.1 Å². The molecule has 2 aliphatic rings. The first-order valence-corrected chi connectivity index (χ1v) is 13.6. The molecule has 204 valence electrons. The highest BCUT2D eigenvalue weighted by atomic mass is 16.3. The SMILES string of the molecule is Cc1ccc(C(=O)Nc2cc(C(=O)NCCCN3CCCC3=O)ccc2N2CCN(c3ccccc3)CC2)o1. The van der Waals surface area contributed by atoms with Gasteiger partial charge in [-0.3, -0.25) is 14.4 Å². The maximum atomic E-state index is 13.0. The van der Waals surface area contributed by atoms with Crippen LogP contribution in [-0.2, 0) is 4.79 Å². The van der Waals surface area contributed by atoms with E-state index in [1.54, 1.807) is 31.2 Å². The Morgan fingerprint density at radius 2 is 1.67 bits per heavy atom. The number of furan rings is 1. The number of amides is 3. The molecular weight excluding hydrogens is 494 g/mol. The number of carbonyl (C=O) groups excluding carboxylic acids is 3. The predicted molar refractivity (Wildman–Crippen MR) is 151 cm³/mol. The van der Waals surface area contributed by atoms with Gasteiger partial charge in [0.05, 0.1) is 11.4 Å². The van der Waals surface area contributed by atoms with Crippen molar-refractivity contribution in [2.75, 3.05) is 60.9 Å². The number of hydrogen-bond donors (Lipinski definition) is 2. The van der Waals surface area contributed by atoms with Crippen LogP contribution in [0, 0.1) is 6.92 Å². The van der Waals surface area contributed by atoms with Crippen LogP contribution in [0.2, 0.25) is 0 Å². The Kier molecular flexibility index (Phi) is 8.15. The fraction of sp³-hybridized carbons (Fsp3) is 0.367. The number of rotatable bonds is 9. The van der Waals surface area contributed by atoms with Gasteiger partial charge in [0.1, 0.15) is 5.76 Å². The van der Waals surface area contributed by atoms with Crippen molar-refractivity contribution < 1.29 is 18.8 Å². The van der Waals surface area contributed by atoms with Crippen molar-refractivity contribution in [2.24, 2.45) is 0 Å². The Hall–Kier alpha value is -4.27. The topological polar surface area (TPSA) is 98.1 Å². The third kappa shape index (κ3) is 6.42. The first-order valence-electron chi connectivity index (χ1n) is 13.6. The predicted octanol–water partition coefficient (Wildman–Crippen LogP) is 3.91. The van der Waals surface area contributed by atoms with E-state index in [1.165, 1.54) is 5.69 Å². The van der Waals surface area contributed by atoms with Gasteiger partial charge in [0.25, 0.3) is 11.8 Å². The van der Waals surface area contributed by atoms with Crippen molar-refractivity contribution in [3.63, 3.8) is 0 Å². The monoisotopic (exact) mass is 529 g/mol. The summed E-state index contributed by atoms with van der Waals surface area (Å²) in [5, 5.41) is 5.92. The molecule has 2 aliphatic heterocycles. The smallest absolute Gasteiger partial charge is 0.291 e. The molecule has 0 saturated carbocycles. The largest absolute Gasteiger partial charge is 0.456 e. The first-order chi connectivity index (χ1) is 19.0. The molecule has 0 aliphatic carbocycles. The van der Waals surface area contributed by atoms with Gasteiger partial charge < -0.3 is 29.8 Å². The van der Waals surface area contributed by atoms with E-state index in [1.807, 2.05) is 29.2 Å². The summed E-state index contributed by atoms with van der Waals surface area (Å²) in [6, 6.07) is 19.1.